The highest BCUT2D eigenvalue weighted by atomic mass is 16.5. The standard InChI is InChI=1S/C14H20O2/c1-4-5-12-6-7-13(11(2)10-12)8-9-14(15)16-3/h6-7,10H,4-5,8-9H2,1-3H3. The Hall–Kier alpha value is -1.31. The number of carbonyl (C=O) groups is 1. The number of ether oxygens (including phenoxy) is 1. The van der Waals surface area contributed by atoms with Crippen LogP contribution in [0.25, 0.3) is 0 Å². The number of esters is 1. The summed E-state index contributed by atoms with van der Waals surface area (Å²) in [6.45, 7) is 4.28. The number of aryl methyl sites for hydroxylation is 3. The van der Waals surface area contributed by atoms with Gasteiger partial charge in [-0.15, -0.1) is 0 Å². The molecule has 1 rings (SSSR count). The summed E-state index contributed by atoms with van der Waals surface area (Å²) in [4.78, 5) is 11.0. The normalized spacial score (nSPS) is 10.2. The molecule has 0 atom stereocenters. The summed E-state index contributed by atoms with van der Waals surface area (Å²) in [6.07, 6.45) is 3.52. The van der Waals surface area contributed by atoms with E-state index in [0.29, 0.717) is 6.42 Å². The van der Waals surface area contributed by atoms with E-state index in [1.165, 1.54) is 30.2 Å². The lowest BCUT2D eigenvalue weighted by atomic mass is 9.99. The van der Waals surface area contributed by atoms with Crippen molar-refractivity contribution >= 4 is 5.97 Å². The third-order valence-electron chi connectivity index (χ3n) is 2.77. The maximum absolute atomic E-state index is 11.0. The van der Waals surface area contributed by atoms with E-state index in [9.17, 15) is 4.79 Å². The van der Waals surface area contributed by atoms with Gasteiger partial charge < -0.3 is 4.74 Å². The molecule has 0 saturated carbocycles. The zero-order valence-corrected chi connectivity index (χ0v) is 10.4. The van der Waals surface area contributed by atoms with Crippen molar-refractivity contribution in [3.63, 3.8) is 0 Å². The second-order valence-electron chi connectivity index (χ2n) is 4.09. The van der Waals surface area contributed by atoms with Crippen molar-refractivity contribution in [1.29, 1.82) is 0 Å². The van der Waals surface area contributed by atoms with E-state index in [-0.39, 0.29) is 5.97 Å². The molecular formula is C14H20O2. The van der Waals surface area contributed by atoms with Gasteiger partial charge in [-0.3, -0.25) is 4.79 Å². The van der Waals surface area contributed by atoms with Crippen LogP contribution >= 0.6 is 0 Å². The fourth-order valence-corrected chi connectivity index (χ4v) is 1.82. The second kappa shape index (κ2) is 6.31. The first-order valence-electron chi connectivity index (χ1n) is 5.82. The van der Waals surface area contributed by atoms with Crippen LogP contribution in [0.4, 0.5) is 0 Å². The summed E-state index contributed by atoms with van der Waals surface area (Å²) < 4.78 is 4.64. The first-order valence-corrected chi connectivity index (χ1v) is 5.82. The molecule has 0 aliphatic carbocycles. The van der Waals surface area contributed by atoms with Gasteiger partial charge in [0.25, 0.3) is 0 Å². The van der Waals surface area contributed by atoms with Gasteiger partial charge >= 0.3 is 5.97 Å². The lowest BCUT2D eigenvalue weighted by Gasteiger charge is -2.07. The van der Waals surface area contributed by atoms with E-state index in [2.05, 4.69) is 36.8 Å². The van der Waals surface area contributed by atoms with Crippen LogP contribution in [0.3, 0.4) is 0 Å². The molecule has 2 nitrogen and oxygen atoms in total. The summed E-state index contributed by atoms with van der Waals surface area (Å²) in [5.74, 6) is -0.142. The van der Waals surface area contributed by atoms with Crippen LogP contribution < -0.4 is 0 Å². The van der Waals surface area contributed by atoms with Gasteiger partial charge in [0.15, 0.2) is 0 Å². The number of benzene rings is 1. The Morgan fingerprint density at radius 2 is 2.06 bits per heavy atom. The van der Waals surface area contributed by atoms with Gasteiger partial charge in [0.05, 0.1) is 7.11 Å². The predicted molar refractivity (Wildman–Crippen MR) is 65.5 cm³/mol. The third kappa shape index (κ3) is 3.69. The van der Waals surface area contributed by atoms with Crippen molar-refractivity contribution < 1.29 is 9.53 Å². The molecule has 2 heteroatoms. The van der Waals surface area contributed by atoms with Gasteiger partial charge in [0, 0.05) is 6.42 Å². The molecule has 1 aromatic rings. The van der Waals surface area contributed by atoms with Crippen LogP contribution in [0.2, 0.25) is 0 Å². The van der Waals surface area contributed by atoms with Crippen LogP contribution in [-0.2, 0) is 22.4 Å². The fraction of sp³-hybridized carbons (Fsp3) is 0.500. The molecule has 0 heterocycles. The Bertz CT molecular complexity index is 356. The zero-order valence-electron chi connectivity index (χ0n) is 10.4. The van der Waals surface area contributed by atoms with E-state index >= 15 is 0 Å². The topological polar surface area (TPSA) is 26.3 Å². The lowest BCUT2D eigenvalue weighted by molar-refractivity contribution is -0.140. The molecule has 0 aromatic heterocycles. The first kappa shape index (κ1) is 12.8. The number of methoxy groups -OCH3 is 1. The van der Waals surface area contributed by atoms with E-state index < -0.39 is 0 Å². The predicted octanol–water partition coefficient (Wildman–Crippen LogP) is 3.05. The summed E-state index contributed by atoms with van der Waals surface area (Å²) >= 11 is 0. The van der Waals surface area contributed by atoms with E-state index in [0.717, 1.165) is 12.8 Å². The minimum Gasteiger partial charge on any atom is -0.469 e. The van der Waals surface area contributed by atoms with Crippen molar-refractivity contribution in [2.45, 2.75) is 39.5 Å². The molecule has 0 bridgehead atoms. The third-order valence-corrected chi connectivity index (χ3v) is 2.77. The molecule has 0 N–H and O–H groups in total. The van der Waals surface area contributed by atoms with Crippen LogP contribution in [0, 0.1) is 6.92 Å². The molecule has 0 aliphatic heterocycles. The fourth-order valence-electron chi connectivity index (χ4n) is 1.82. The van der Waals surface area contributed by atoms with Crippen LogP contribution in [0.1, 0.15) is 36.5 Å². The average molecular weight is 220 g/mol. The van der Waals surface area contributed by atoms with Crippen molar-refractivity contribution in [3.8, 4) is 0 Å². The van der Waals surface area contributed by atoms with Gasteiger partial charge in [0.1, 0.15) is 0 Å². The quantitative estimate of drug-likeness (QED) is 0.713. The van der Waals surface area contributed by atoms with Gasteiger partial charge in [-0.05, 0) is 36.5 Å². The zero-order chi connectivity index (χ0) is 12.0. The minimum absolute atomic E-state index is 0.142. The monoisotopic (exact) mass is 220 g/mol. The number of hydrogen-bond acceptors (Lipinski definition) is 2. The largest absolute Gasteiger partial charge is 0.469 e. The van der Waals surface area contributed by atoms with E-state index in [4.69, 9.17) is 0 Å². The molecule has 1 aromatic carbocycles. The SMILES string of the molecule is CCCc1ccc(CCC(=O)OC)c(C)c1. The van der Waals surface area contributed by atoms with Crippen LogP contribution in [0.5, 0.6) is 0 Å². The summed E-state index contributed by atoms with van der Waals surface area (Å²) in [7, 11) is 1.43. The lowest BCUT2D eigenvalue weighted by Crippen LogP contribution is -2.03. The molecule has 0 fully saturated rings. The van der Waals surface area contributed by atoms with Gasteiger partial charge in [-0.25, -0.2) is 0 Å². The average Bonchev–Trinajstić information content (AvgIpc) is 2.28. The molecule has 88 valence electrons. The molecule has 0 radical (unpaired) electrons. The van der Waals surface area contributed by atoms with Gasteiger partial charge in [-0.2, -0.15) is 0 Å². The van der Waals surface area contributed by atoms with Crippen molar-refractivity contribution in [1.82, 2.24) is 0 Å². The Kier molecular flexibility index (Phi) is 5.03. The molecule has 0 unspecified atom stereocenters. The summed E-state index contributed by atoms with van der Waals surface area (Å²) in [6, 6.07) is 6.50. The van der Waals surface area contributed by atoms with Crippen molar-refractivity contribution in [3.05, 3.63) is 34.9 Å². The second-order valence-corrected chi connectivity index (χ2v) is 4.09. The molecule has 0 amide bonds. The molecule has 0 aliphatic rings. The number of rotatable bonds is 5. The van der Waals surface area contributed by atoms with Crippen molar-refractivity contribution in [2.24, 2.45) is 0 Å². The molecule has 0 saturated heterocycles. The molecular weight excluding hydrogens is 200 g/mol. The van der Waals surface area contributed by atoms with E-state index in [1.54, 1.807) is 0 Å². The Morgan fingerprint density at radius 1 is 1.31 bits per heavy atom. The molecule has 16 heavy (non-hydrogen) atoms. The smallest absolute Gasteiger partial charge is 0.305 e. The number of carbonyl (C=O) groups excluding carboxylic acids is 1. The van der Waals surface area contributed by atoms with Gasteiger partial charge in [0.2, 0.25) is 0 Å². The number of hydrogen-bond donors (Lipinski definition) is 0. The highest BCUT2D eigenvalue weighted by molar-refractivity contribution is 5.69. The van der Waals surface area contributed by atoms with Crippen molar-refractivity contribution in [2.75, 3.05) is 7.11 Å². The summed E-state index contributed by atoms with van der Waals surface area (Å²) in [5, 5.41) is 0. The Balaban J connectivity index is 2.64. The molecule has 0 spiro atoms. The minimum atomic E-state index is -0.142. The Labute approximate surface area is 97.6 Å². The first-order chi connectivity index (χ1) is 7.67. The van der Waals surface area contributed by atoms with E-state index in [1.807, 2.05) is 0 Å². The van der Waals surface area contributed by atoms with Crippen LogP contribution in [0.15, 0.2) is 18.2 Å². The maximum atomic E-state index is 11.0. The van der Waals surface area contributed by atoms with Gasteiger partial charge in [-0.1, -0.05) is 31.5 Å². The maximum Gasteiger partial charge on any atom is 0.305 e. The highest BCUT2D eigenvalue weighted by Gasteiger charge is 2.04. The summed E-state index contributed by atoms with van der Waals surface area (Å²) in [5.41, 5.74) is 3.89. The Morgan fingerprint density at radius 3 is 2.62 bits per heavy atom. The highest BCUT2D eigenvalue weighted by Crippen LogP contribution is 2.14. The van der Waals surface area contributed by atoms with Crippen LogP contribution in [-0.4, -0.2) is 13.1 Å².